The van der Waals surface area contributed by atoms with Crippen molar-refractivity contribution in [2.75, 3.05) is 11.3 Å². The number of rotatable bonds is 8. The van der Waals surface area contributed by atoms with Crippen LogP contribution in [0.1, 0.15) is 24.1 Å². The number of carbonyl (C=O) groups is 1. The van der Waals surface area contributed by atoms with Crippen molar-refractivity contribution in [1.82, 2.24) is 5.32 Å². The lowest BCUT2D eigenvalue weighted by atomic mass is 10.1. The molecule has 0 saturated carbocycles. The molecule has 3 aromatic rings. The molecule has 6 nitrogen and oxygen atoms in total. The molecule has 0 radical (unpaired) electrons. The number of benzene rings is 3. The fourth-order valence-corrected chi connectivity index (χ4v) is 3.95. The van der Waals surface area contributed by atoms with Crippen LogP contribution in [-0.4, -0.2) is 20.9 Å². The van der Waals surface area contributed by atoms with Gasteiger partial charge >= 0.3 is 0 Å². The quantitative estimate of drug-likeness (QED) is 0.548. The Balaban J connectivity index is 1.55. The molecular weight excluding hydrogens is 419 g/mol. The normalized spacial score (nSPS) is 12.1. The molecule has 1 amide bonds. The Labute approximate surface area is 181 Å². The van der Waals surface area contributed by atoms with Gasteiger partial charge in [-0.2, -0.15) is 0 Å². The van der Waals surface area contributed by atoms with Crippen molar-refractivity contribution in [3.63, 3.8) is 0 Å². The molecule has 3 aromatic carbocycles. The number of amides is 1. The van der Waals surface area contributed by atoms with Gasteiger partial charge in [0.2, 0.25) is 0 Å². The van der Waals surface area contributed by atoms with Crippen LogP contribution in [0, 0.1) is 12.7 Å². The fourth-order valence-electron chi connectivity index (χ4n) is 2.90. The SMILES string of the molecule is Cc1cccc(NS(=O)(=O)c2ccc(OCC(=O)NC(C)c3ccc(F)cc3)cc2)c1. The maximum Gasteiger partial charge on any atom is 0.261 e. The molecule has 8 heteroatoms. The van der Waals surface area contributed by atoms with E-state index in [9.17, 15) is 17.6 Å². The van der Waals surface area contributed by atoms with Crippen LogP contribution >= 0.6 is 0 Å². The second kappa shape index (κ2) is 9.61. The minimum atomic E-state index is -3.74. The predicted octanol–water partition coefficient (Wildman–Crippen LogP) is 4.19. The fraction of sp³-hybridized carbons (Fsp3) is 0.174. The van der Waals surface area contributed by atoms with E-state index >= 15 is 0 Å². The Hall–Kier alpha value is -3.39. The van der Waals surface area contributed by atoms with E-state index in [1.165, 1.54) is 36.4 Å². The molecule has 2 N–H and O–H groups in total. The second-order valence-electron chi connectivity index (χ2n) is 7.08. The first-order chi connectivity index (χ1) is 14.7. The van der Waals surface area contributed by atoms with Gasteiger partial charge in [-0.1, -0.05) is 24.3 Å². The molecule has 0 bridgehead atoms. The van der Waals surface area contributed by atoms with E-state index in [0.29, 0.717) is 11.4 Å². The maximum atomic E-state index is 13.0. The van der Waals surface area contributed by atoms with Crippen LogP contribution in [0.25, 0.3) is 0 Å². The van der Waals surface area contributed by atoms with Crippen LogP contribution in [0.2, 0.25) is 0 Å². The predicted molar refractivity (Wildman–Crippen MR) is 117 cm³/mol. The zero-order valence-corrected chi connectivity index (χ0v) is 17.9. The summed E-state index contributed by atoms with van der Waals surface area (Å²) >= 11 is 0. The maximum absolute atomic E-state index is 13.0. The topological polar surface area (TPSA) is 84.5 Å². The van der Waals surface area contributed by atoms with Crippen LogP contribution in [-0.2, 0) is 14.8 Å². The molecule has 0 aliphatic rings. The van der Waals surface area contributed by atoms with Gasteiger partial charge in [-0.25, -0.2) is 12.8 Å². The van der Waals surface area contributed by atoms with E-state index in [4.69, 9.17) is 4.74 Å². The molecule has 0 aromatic heterocycles. The number of anilines is 1. The lowest BCUT2D eigenvalue weighted by molar-refractivity contribution is -0.123. The number of ether oxygens (including phenoxy) is 1. The van der Waals surface area contributed by atoms with Gasteiger partial charge < -0.3 is 10.1 Å². The molecule has 3 rings (SSSR count). The highest BCUT2D eigenvalue weighted by atomic mass is 32.2. The number of aryl methyl sites for hydroxylation is 1. The number of halogens is 1. The van der Waals surface area contributed by atoms with Gasteiger partial charge in [-0.3, -0.25) is 9.52 Å². The zero-order chi connectivity index (χ0) is 22.4. The van der Waals surface area contributed by atoms with Gasteiger partial charge in [-0.05, 0) is 73.5 Å². The Morgan fingerprint density at radius 2 is 1.71 bits per heavy atom. The Bertz CT molecular complexity index is 1150. The first-order valence-electron chi connectivity index (χ1n) is 9.60. The highest BCUT2D eigenvalue weighted by molar-refractivity contribution is 7.92. The average Bonchev–Trinajstić information content (AvgIpc) is 2.72. The van der Waals surface area contributed by atoms with E-state index in [0.717, 1.165) is 11.1 Å². The summed E-state index contributed by atoms with van der Waals surface area (Å²) in [6.45, 7) is 3.42. The van der Waals surface area contributed by atoms with E-state index in [1.54, 1.807) is 37.3 Å². The van der Waals surface area contributed by atoms with Crippen molar-refractivity contribution in [3.05, 3.63) is 89.7 Å². The van der Waals surface area contributed by atoms with Crippen molar-refractivity contribution in [3.8, 4) is 5.75 Å². The third-order valence-electron chi connectivity index (χ3n) is 4.52. The molecule has 0 aliphatic heterocycles. The van der Waals surface area contributed by atoms with Gasteiger partial charge in [0.15, 0.2) is 6.61 Å². The molecular formula is C23H23FN2O4S. The Morgan fingerprint density at radius 3 is 2.35 bits per heavy atom. The molecule has 0 saturated heterocycles. The highest BCUT2D eigenvalue weighted by Gasteiger charge is 2.15. The van der Waals surface area contributed by atoms with E-state index in [-0.39, 0.29) is 29.3 Å². The summed E-state index contributed by atoms with van der Waals surface area (Å²) in [7, 11) is -3.74. The third kappa shape index (κ3) is 6.29. The van der Waals surface area contributed by atoms with Gasteiger partial charge in [0.25, 0.3) is 15.9 Å². The van der Waals surface area contributed by atoms with Gasteiger partial charge in [0.1, 0.15) is 11.6 Å². The van der Waals surface area contributed by atoms with Crippen LogP contribution < -0.4 is 14.8 Å². The van der Waals surface area contributed by atoms with Crippen LogP contribution in [0.15, 0.2) is 77.7 Å². The molecule has 31 heavy (non-hydrogen) atoms. The van der Waals surface area contributed by atoms with Crippen LogP contribution in [0.5, 0.6) is 5.75 Å². The minimum absolute atomic E-state index is 0.0794. The molecule has 162 valence electrons. The van der Waals surface area contributed by atoms with E-state index < -0.39 is 10.0 Å². The number of hydrogen-bond acceptors (Lipinski definition) is 4. The summed E-state index contributed by atoms with van der Waals surface area (Å²) in [5.74, 6) is -0.334. The number of nitrogens with one attached hydrogen (secondary N) is 2. The molecule has 0 aliphatic carbocycles. The molecule has 1 unspecified atom stereocenters. The van der Waals surface area contributed by atoms with Crippen molar-refractivity contribution in [2.24, 2.45) is 0 Å². The summed E-state index contributed by atoms with van der Waals surface area (Å²) in [5, 5.41) is 2.76. The van der Waals surface area contributed by atoms with Crippen molar-refractivity contribution in [2.45, 2.75) is 24.8 Å². The standard InChI is InChI=1S/C23H23FN2O4S/c1-16-4-3-5-20(14-16)26-31(28,29)22-12-10-21(11-13-22)30-15-23(27)25-17(2)18-6-8-19(24)9-7-18/h3-14,17,26H,15H2,1-2H3,(H,25,27). The first kappa shape index (κ1) is 22.3. The molecule has 0 fully saturated rings. The molecule has 1 atom stereocenters. The first-order valence-corrected chi connectivity index (χ1v) is 11.1. The summed E-state index contributed by atoms with van der Waals surface area (Å²) in [4.78, 5) is 12.2. The lowest BCUT2D eigenvalue weighted by Crippen LogP contribution is -2.31. The summed E-state index contributed by atoms with van der Waals surface area (Å²) in [5.41, 5.74) is 2.19. The smallest absolute Gasteiger partial charge is 0.261 e. The van der Waals surface area contributed by atoms with Crippen molar-refractivity contribution >= 4 is 21.6 Å². The van der Waals surface area contributed by atoms with Crippen molar-refractivity contribution in [1.29, 1.82) is 0 Å². The molecule has 0 heterocycles. The molecule has 0 spiro atoms. The second-order valence-corrected chi connectivity index (χ2v) is 8.76. The number of carbonyl (C=O) groups excluding carboxylic acids is 1. The van der Waals surface area contributed by atoms with Crippen LogP contribution in [0.4, 0.5) is 10.1 Å². The van der Waals surface area contributed by atoms with Gasteiger partial charge in [-0.15, -0.1) is 0 Å². The number of hydrogen-bond donors (Lipinski definition) is 2. The summed E-state index contributed by atoms with van der Waals surface area (Å²) < 4.78 is 46.0. The lowest BCUT2D eigenvalue weighted by Gasteiger charge is -2.15. The highest BCUT2D eigenvalue weighted by Crippen LogP contribution is 2.20. The van der Waals surface area contributed by atoms with Crippen molar-refractivity contribution < 1.29 is 22.3 Å². The van der Waals surface area contributed by atoms with Gasteiger partial charge in [0.05, 0.1) is 10.9 Å². The third-order valence-corrected chi connectivity index (χ3v) is 5.92. The summed E-state index contributed by atoms with van der Waals surface area (Å²) in [6, 6.07) is 18.4. The largest absolute Gasteiger partial charge is 0.484 e. The Morgan fingerprint density at radius 1 is 1.03 bits per heavy atom. The Kier molecular flexibility index (Phi) is 6.91. The summed E-state index contributed by atoms with van der Waals surface area (Å²) in [6.07, 6.45) is 0. The van der Waals surface area contributed by atoms with E-state index in [1.807, 2.05) is 13.0 Å². The average molecular weight is 443 g/mol. The number of sulfonamides is 1. The zero-order valence-electron chi connectivity index (χ0n) is 17.1. The van der Waals surface area contributed by atoms with Gasteiger partial charge in [0, 0.05) is 5.69 Å². The van der Waals surface area contributed by atoms with Crippen LogP contribution in [0.3, 0.4) is 0 Å². The monoisotopic (exact) mass is 442 g/mol. The minimum Gasteiger partial charge on any atom is -0.484 e. The van der Waals surface area contributed by atoms with E-state index in [2.05, 4.69) is 10.0 Å².